The number of ether oxygens (including phenoxy) is 1. The highest BCUT2D eigenvalue weighted by molar-refractivity contribution is 4.77. The van der Waals surface area contributed by atoms with Crippen LogP contribution in [0.15, 0.2) is 0 Å². The molecule has 1 heterocycles. The zero-order valence-corrected chi connectivity index (χ0v) is 12.1. The van der Waals surface area contributed by atoms with Crippen LogP contribution < -0.4 is 5.32 Å². The molecule has 2 atom stereocenters. The Hall–Kier alpha value is -0.160. The van der Waals surface area contributed by atoms with E-state index in [2.05, 4.69) is 50.0 Å². The van der Waals surface area contributed by atoms with Crippen LogP contribution in [0.1, 0.15) is 20.8 Å². The van der Waals surface area contributed by atoms with Gasteiger partial charge in [0.15, 0.2) is 0 Å². The summed E-state index contributed by atoms with van der Waals surface area (Å²) < 4.78 is 5.80. The Kier molecular flexibility index (Phi) is 6.41. The van der Waals surface area contributed by atoms with Crippen LogP contribution in [0.25, 0.3) is 0 Å². The smallest absolute Gasteiger partial charge is 0.0826 e. The summed E-state index contributed by atoms with van der Waals surface area (Å²) in [5.41, 5.74) is 0. The summed E-state index contributed by atoms with van der Waals surface area (Å²) in [4.78, 5) is 4.70. The first kappa shape index (κ1) is 14.9. The molecular weight excluding hydrogens is 214 g/mol. The fourth-order valence-electron chi connectivity index (χ4n) is 2.28. The largest absolute Gasteiger partial charge is 0.374 e. The van der Waals surface area contributed by atoms with Gasteiger partial charge >= 0.3 is 0 Å². The molecule has 0 aromatic heterocycles. The molecule has 4 nitrogen and oxygen atoms in total. The van der Waals surface area contributed by atoms with Gasteiger partial charge in [-0.25, -0.2) is 0 Å². The van der Waals surface area contributed by atoms with Crippen LogP contribution in [0.4, 0.5) is 0 Å². The Morgan fingerprint density at radius 3 is 2.65 bits per heavy atom. The Labute approximate surface area is 106 Å². The Balaban J connectivity index is 2.22. The summed E-state index contributed by atoms with van der Waals surface area (Å²) in [6, 6.07) is 1.14. The molecule has 0 aromatic rings. The molecule has 0 saturated carbocycles. The minimum absolute atomic E-state index is 0.343. The van der Waals surface area contributed by atoms with E-state index in [0.717, 1.165) is 32.8 Å². The van der Waals surface area contributed by atoms with Gasteiger partial charge in [-0.1, -0.05) is 0 Å². The van der Waals surface area contributed by atoms with Crippen molar-refractivity contribution in [3.05, 3.63) is 0 Å². The predicted molar refractivity (Wildman–Crippen MR) is 72.5 cm³/mol. The van der Waals surface area contributed by atoms with Crippen LogP contribution >= 0.6 is 0 Å². The van der Waals surface area contributed by atoms with Gasteiger partial charge < -0.3 is 15.0 Å². The standard InChI is InChI=1S/C13H29N3O/c1-11(2)16-6-7-17-13(10-16)8-14-12(3)9-15(4)5/h11-14H,6-10H2,1-5H3. The number of likely N-dealkylation sites (N-methyl/N-ethyl adjacent to an activating group) is 1. The predicted octanol–water partition coefficient (Wildman–Crippen LogP) is 0.635. The second-order valence-corrected chi connectivity index (χ2v) is 5.65. The summed E-state index contributed by atoms with van der Waals surface area (Å²) in [7, 11) is 4.21. The van der Waals surface area contributed by atoms with E-state index in [1.165, 1.54) is 0 Å². The van der Waals surface area contributed by atoms with Gasteiger partial charge in [0.1, 0.15) is 0 Å². The molecule has 102 valence electrons. The van der Waals surface area contributed by atoms with Crippen molar-refractivity contribution in [3.63, 3.8) is 0 Å². The third-order valence-electron chi connectivity index (χ3n) is 3.23. The van der Waals surface area contributed by atoms with Crippen LogP contribution in [0, 0.1) is 0 Å². The fourth-order valence-corrected chi connectivity index (χ4v) is 2.28. The number of morpholine rings is 1. The van der Waals surface area contributed by atoms with Crippen molar-refractivity contribution in [1.29, 1.82) is 0 Å². The maximum absolute atomic E-state index is 5.80. The minimum atomic E-state index is 0.343. The molecule has 1 fully saturated rings. The van der Waals surface area contributed by atoms with Crippen molar-refractivity contribution in [1.82, 2.24) is 15.1 Å². The van der Waals surface area contributed by atoms with Gasteiger partial charge in [0.25, 0.3) is 0 Å². The molecule has 2 unspecified atom stereocenters. The third kappa shape index (κ3) is 5.82. The molecule has 0 bridgehead atoms. The molecule has 0 spiro atoms. The highest BCUT2D eigenvalue weighted by Gasteiger charge is 2.22. The van der Waals surface area contributed by atoms with Crippen LogP contribution in [0.5, 0.6) is 0 Å². The molecule has 0 radical (unpaired) electrons. The minimum Gasteiger partial charge on any atom is -0.374 e. The van der Waals surface area contributed by atoms with E-state index < -0.39 is 0 Å². The van der Waals surface area contributed by atoms with E-state index in [1.807, 2.05) is 0 Å². The maximum Gasteiger partial charge on any atom is 0.0826 e. The normalized spacial score (nSPS) is 24.5. The molecule has 1 N–H and O–H groups in total. The third-order valence-corrected chi connectivity index (χ3v) is 3.23. The summed E-state index contributed by atoms with van der Waals surface area (Å²) in [5.74, 6) is 0. The SMILES string of the molecule is CC(CN(C)C)NCC1CN(C(C)C)CCO1. The van der Waals surface area contributed by atoms with Crippen LogP contribution in [0.2, 0.25) is 0 Å². The number of rotatable bonds is 6. The lowest BCUT2D eigenvalue weighted by molar-refractivity contribution is -0.0381. The number of hydrogen-bond donors (Lipinski definition) is 1. The summed E-state index contributed by atoms with van der Waals surface area (Å²) >= 11 is 0. The van der Waals surface area contributed by atoms with E-state index in [-0.39, 0.29) is 0 Å². The lowest BCUT2D eigenvalue weighted by atomic mass is 10.2. The molecule has 0 amide bonds. The first-order valence-electron chi connectivity index (χ1n) is 6.72. The molecule has 1 saturated heterocycles. The molecular formula is C13H29N3O. The van der Waals surface area contributed by atoms with Crippen molar-refractivity contribution in [2.24, 2.45) is 0 Å². The van der Waals surface area contributed by atoms with Crippen LogP contribution in [-0.4, -0.2) is 74.9 Å². The van der Waals surface area contributed by atoms with Gasteiger partial charge in [-0.15, -0.1) is 0 Å². The monoisotopic (exact) mass is 243 g/mol. The van der Waals surface area contributed by atoms with E-state index >= 15 is 0 Å². The maximum atomic E-state index is 5.80. The topological polar surface area (TPSA) is 27.7 Å². The van der Waals surface area contributed by atoms with Crippen LogP contribution in [0.3, 0.4) is 0 Å². The zero-order valence-electron chi connectivity index (χ0n) is 12.1. The number of nitrogens with one attached hydrogen (secondary N) is 1. The van der Waals surface area contributed by atoms with Crippen LogP contribution in [-0.2, 0) is 4.74 Å². The Morgan fingerprint density at radius 1 is 1.35 bits per heavy atom. The second kappa shape index (κ2) is 7.31. The lowest BCUT2D eigenvalue weighted by Crippen LogP contribution is -2.50. The molecule has 17 heavy (non-hydrogen) atoms. The molecule has 0 aliphatic carbocycles. The van der Waals surface area contributed by atoms with Crippen molar-refractivity contribution in [3.8, 4) is 0 Å². The van der Waals surface area contributed by atoms with Gasteiger partial charge in [-0.2, -0.15) is 0 Å². The van der Waals surface area contributed by atoms with E-state index in [9.17, 15) is 0 Å². The van der Waals surface area contributed by atoms with E-state index in [4.69, 9.17) is 4.74 Å². The van der Waals surface area contributed by atoms with Gasteiger partial charge in [0.05, 0.1) is 12.7 Å². The molecule has 4 heteroatoms. The van der Waals surface area contributed by atoms with Crippen molar-refractivity contribution >= 4 is 0 Å². The van der Waals surface area contributed by atoms with Crippen molar-refractivity contribution < 1.29 is 4.74 Å². The molecule has 1 rings (SSSR count). The van der Waals surface area contributed by atoms with Gasteiger partial charge in [-0.05, 0) is 34.9 Å². The van der Waals surface area contributed by atoms with Crippen molar-refractivity contribution in [2.45, 2.75) is 39.0 Å². The van der Waals surface area contributed by atoms with Gasteiger partial charge in [-0.3, -0.25) is 4.90 Å². The van der Waals surface area contributed by atoms with Crippen molar-refractivity contribution in [2.75, 3.05) is 46.9 Å². The van der Waals surface area contributed by atoms with Gasteiger partial charge in [0, 0.05) is 38.3 Å². The highest BCUT2D eigenvalue weighted by atomic mass is 16.5. The van der Waals surface area contributed by atoms with E-state index in [0.29, 0.717) is 18.2 Å². The number of nitrogens with zero attached hydrogens (tertiary/aromatic N) is 2. The quantitative estimate of drug-likeness (QED) is 0.741. The summed E-state index contributed by atoms with van der Waals surface area (Å²) in [5, 5.41) is 3.55. The fraction of sp³-hybridized carbons (Fsp3) is 1.00. The van der Waals surface area contributed by atoms with Gasteiger partial charge in [0.2, 0.25) is 0 Å². The summed E-state index contributed by atoms with van der Waals surface area (Å²) in [6.07, 6.45) is 0.343. The average Bonchev–Trinajstić information content (AvgIpc) is 2.26. The Bertz CT molecular complexity index is 209. The lowest BCUT2D eigenvalue weighted by Gasteiger charge is -2.36. The Morgan fingerprint density at radius 2 is 2.06 bits per heavy atom. The summed E-state index contributed by atoms with van der Waals surface area (Å²) in [6.45, 7) is 11.8. The highest BCUT2D eigenvalue weighted by Crippen LogP contribution is 2.08. The zero-order chi connectivity index (χ0) is 12.8. The molecule has 1 aliphatic rings. The van der Waals surface area contributed by atoms with E-state index in [1.54, 1.807) is 0 Å². The second-order valence-electron chi connectivity index (χ2n) is 5.65. The molecule has 1 aliphatic heterocycles. The first-order valence-corrected chi connectivity index (χ1v) is 6.72. The number of hydrogen-bond acceptors (Lipinski definition) is 4. The first-order chi connectivity index (χ1) is 7.99. The average molecular weight is 243 g/mol. The molecule has 0 aromatic carbocycles.